The molecule has 2 amide bonds. The Kier molecular flexibility index (Phi) is 4.19. The molecule has 0 aliphatic carbocycles. The van der Waals surface area contributed by atoms with Gasteiger partial charge < -0.3 is 16.0 Å². The van der Waals surface area contributed by atoms with Crippen LogP contribution in [0.3, 0.4) is 0 Å². The summed E-state index contributed by atoms with van der Waals surface area (Å²) in [6.07, 6.45) is 0. The van der Waals surface area contributed by atoms with Crippen molar-refractivity contribution in [3.05, 3.63) is 34.3 Å². The number of urea groups is 1. The molecule has 0 aromatic heterocycles. The van der Waals surface area contributed by atoms with Crippen LogP contribution in [0, 0.1) is 0 Å². The lowest BCUT2D eigenvalue weighted by Crippen LogP contribution is -2.55. The second-order valence-electron chi connectivity index (χ2n) is 5.85. The van der Waals surface area contributed by atoms with Gasteiger partial charge in [-0.3, -0.25) is 4.90 Å². The molecule has 0 spiro atoms. The van der Waals surface area contributed by atoms with E-state index >= 15 is 0 Å². The maximum Gasteiger partial charge on any atom is 0.317 e. The SMILES string of the molecule is CC(N)C(c1ccccc1Br)N1CCN2C(=O)NCC2C1. The van der Waals surface area contributed by atoms with Crippen molar-refractivity contribution in [2.45, 2.75) is 25.0 Å². The predicted octanol–water partition coefficient (Wildman–Crippen LogP) is 1.55. The Morgan fingerprint density at radius 3 is 2.86 bits per heavy atom. The van der Waals surface area contributed by atoms with Crippen molar-refractivity contribution >= 4 is 22.0 Å². The van der Waals surface area contributed by atoms with Gasteiger partial charge in [-0.2, -0.15) is 0 Å². The Morgan fingerprint density at radius 2 is 2.14 bits per heavy atom. The predicted molar refractivity (Wildman–Crippen MR) is 86.0 cm³/mol. The number of amides is 2. The molecule has 2 fully saturated rings. The number of nitrogens with two attached hydrogens (primary N) is 1. The Morgan fingerprint density at radius 1 is 1.38 bits per heavy atom. The van der Waals surface area contributed by atoms with Gasteiger partial charge >= 0.3 is 6.03 Å². The fourth-order valence-electron chi connectivity index (χ4n) is 3.41. The Bertz CT molecular complexity index is 536. The molecular formula is C15H21BrN4O. The van der Waals surface area contributed by atoms with Gasteiger partial charge in [0.25, 0.3) is 0 Å². The van der Waals surface area contributed by atoms with E-state index in [9.17, 15) is 4.79 Å². The lowest BCUT2D eigenvalue weighted by Gasteiger charge is -2.42. The first-order valence-corrected chi connectivity index (χ1v) is 8.15. The molecule has 21 heavy (non-hydrogen) atoms. The second-order valence-corrected chi connectivity index (χ2v) is 6.71. The molecule has 114 valence electrons. The first-order chi connectivity index (χ1) is 10.1. The van der Waals surface area contributed by atoms with E-state index in [1.807, 2.05) is 17.0 Å². The smallest absolute Gasteiger partial charge is 0.317 e. The Hall–Kier alpha value is -1.11. The van der Waals surface area contributed by atoms with E-state index in [1.54, 1.807) is 0 Å². The van der Waals surface area contributed by atoms with Gasteiger partial charge in [-0.1, -0.05) is 34.1 Å². The average molecular weight is 353 g/mol. The number of carbonyl (C=O) groups is 1. The maximum absolute atomic E-state index is 11.7. The number of nitrogens with zero attached hydrogens (tertiary/aromatic N) is 2. The van der Waals surface area contributed by atoms with E-state index < -0.39 is 0 Å². The molecule has 0 radical (unpaired) electrons. The highest BCUT2D eigenvalue weighted by Gasteiger charge is 2.38. The minimum atomic E-state index is 0.0281. The molecular weight excluding hydrogens is 332 g/mol. The van der Waals surface area contributed by atoms with Crippen molar-refractivity contribution in [1.29, 1.82) is 0 Å². The number of hydrogen-bond donors (Lipinski definition) is 2. The number of rotatable bonds is 3. The third kappa shape index (κ3) is 2.80. The molecule has 3 unspecified atom stereocenters. The number of nitrogens with one attached hydrogen (secondary N) is 1. The van der Waals surface area contributed by atoms with Crippen LogP contribution in [0.25, 0.3) is 0 Å². The van der Waals surface area contributed by atoms with Crippen LogP contribution in [-0.4, -0.2) is 54.1 Å². The molecule has 3 atom stereocenters. The zero-order valence-electron chi connectivity index (χ0n) is 12.1. The molecule has 5 nitrogen and oxygen atoms in total. The van der Waals surface area contributed by atoms with Gasteiger partial charge in [0.05, 0.1) is 12.1 Å². The average Bonchev–Trinajstić information content (AvgIpc) is 2.82. The van der Waals surface area contributed by atoms with Crippen molar-refractivity contribution in [1.82, 2.24) is 15.1 Å². The van der Waals surface area contributed by atoms with Gasteiger partial charge in [0.15, 0.2) is 0 Å². The van der Waals surface area contributed by atoms with Gasteiger partial charge in [0.2, 0.25) is 0 Å². The summed E-state index contributed by atoms with van der Waals surface area (Å²) in [5.74, 6) is 0. The number of benzene rings is 1. The second kappa shape index (κ2) is 5.94. The van der Waals surface area contributed by atoms with E-state index in [0.29, 0.717) is 0 Å². The normalized spacial score (nSPS) is 25.4. The van der Waals surface area contributed by atoms with Crippen LogP contribution in [0.5, 0.6) is 0 Å². The minimum absolute atomic E-state index is 0.0281. The molecule has 6 heteroatoms. The quantitative estimate of drug-likeness (QED) is 0.867. The van der Waals surface area contributed by atoms with Crippen LogP contribution in [0.2, 0.25) is 0 Å². The van der Waals surface area contributed by atoms with Gasteiger partial charge in [-0.05, 0) is 18.6 Å². The zero-order valence-corrected chi connectivity index (χ0v) is 13.7. The van der Waals surface area contributed by atoms with E-state index in [1.165, 1.54) is 5.56 Å². The molecule has 1 aromatic carbocycles. The van der Waals surface area contributed by atoms with Crippen LogP contribution in [0.15, 0.2) is 28.7 Å². The fourth-order valence-corrected chi connectivity index (χ4v) is 3.93. The molecule has 0 saturated carbocycles. The van der Waals surface area contributed by atoms with Gasteiger partial charge in [-0.15, -0.1) is 0 Å². The molecule has 0 bridgehead atoms. The van der Waals surface area contributed by atoms with Crippen molar-refractivity contribution in [2.75, 3.05) is 26.2 Å². The number of fused-ring (bicyclic) bond motifs is 1. The van der Waals surface area contributed by atoms with Crippen LogP contribution < -0.4 is 11.1 Å². The lowest BCUT2D eigenvalue weighted by atomic mass is 9.97. The van der Waals surface area contributed by atoms with Gasteiger partial charge in [-0.25, -0.2) is 4.79 Å². The summed E-state index contributed by atoms with van der Waals surface area (Å²) >= 11 is 3.64. The van der Waals surface area contributed by atoms with E-state index in [2.05, 4.69) is 45.2 Å². The third-order valence-corrected chi connectivity index (χ3v) is 5.10. The van der Waals surface area contributed by atoms with Gasteiger partial charge in [0.1, 0.15) is 0 Å². The highest BCUT2D eigenvalue weighted by atomic mass is 79.9. The Balaban J connectivity index is 1.83. The highest BCUT2D eigenvalue weighted by molar-refractivity contribution is 9.10. The molecule has 2 aliphatic rings. The van der Waals surface area contributed by atoms with Crippen LogP contribution >= 0.6 is 15.9 Å². The summed E-state index contributed by atoms with van der Waals surface area (Å²) in [6, 6.07) is 8.77. The summed E-state index contributed by atoms with van der Waals surface area (Å²) in [5.41, 5.74) is 7.49. The first-order valence-electron chi connectivity index (χ1n) is 7.36. The summed E-state index contributed by atoms with van der Waals surface area (Å²) in [7, 11) is 0. The molecule has 3 rings (SSSR count). The van der Waals surface area contributed by atoms with E-state index in [4.69, 9.17) is 5.73 Å². The lowest BCUT2D eigenvalue weighted by molar-refractivity contribution is 0.0793. The van der Waals surface area contributed by atoms with Crippen molar-refractivity contribution < 1.29 is 4.79 Å². The Labute approximate surface area is 133 Å². The van der Waals surface area contributed by atoms with Crippen molar-refractivity contribution in [3.8, 4) is 0 Å². The fraction of sp³-hybridized carbons (Fsp3) is 0.533. The van der Waals surface area contributed by atoms with Gasteiger partial charge in [0, 0.05) is 36.7 Å². The molecule has 2 aliphatic heterocycles. The molecule has 2 saturated heterocycles. The van der Waals surface area contributed by atoms with Crippen LogP contribution in [0.4, 0.5) is 4.79 Å². The van der Waals surface area contributed by atoms with Crippen LogP contribution in [0.1, 0.15) is 18.5 Å². The minimum Gasteiger partial charge on any atom is -0.336 e. The zero-order chi connectivity index (χ0) is 15.0. The van der Waals surface area contributed by atoms with Crippen molar-refractivity contribution in [3.63, 3.8) is 0 Å². The summed E-state index contributed by atoms with van der Waals surface area (Å²) in [5, 5.41) is 2.92. The van der Waals surface area contributed by atoms with E-state index in [-0.39, 0.29) is 24.2 Å². The topological polar surface area (TPSA) is 61.6 Å². The summed E-state index contributed by atoms with van der Waals surface area (Å²) in [4.78, 5) is 16.1. The monoisotopic (exact) mass is 352 g/mol. The number of piperazine rings is 1. The molecule has 1 aromatic rings. The largest absolute Gasteiger partial charge is 0.336 e. The highest BCUT2D eigenvalue weighted by Crippen LogP contribution is 2.31. The summed E-state index contributed by atoms with van der Waals surface area (Å²) in [6.45, 7) is 5.28. The summed E-state index contributed by atoms with van der Waals surface area (Å²) < 4.78 is 1.09. The number of halogens is 1. The molecule has 2 heterocycles. The van der Waals surface area contributed by atoms with E-state index in [0.717, 1.165) is 30.7 Å². The number of carbonyl (C=O) groups excluding carboxylic acids is 1. The standard InChI is InChI=1S/C15H21BrN4O/c1-10(17)14(12-4-2-3-5-13(12)16)19-6-7-20-11(9-19)8-18-15(20)21/h2-5,10-11,14H,6-9,17H2,1H3,(H,18,21). The third-order valence-electron chi connectivity index (χ3n) is 4.38. The van der Waals surface area contributed by atoms with Crippen molar-refractivity contribution in [2.24, 2.45) is 5.73 Å². The first kappa shape index (κ1) is 14.8. The van der Waals surface area contributed by atoms with Crippen LogP contribution in [-0.2, 0) is 0 Å². The molecule has 3 N–H and O–H groups in total. The number of hydrogen-bond acceptors (Lipinski definition) is 3. The maximum atomic E-state index is 11.7.